The number of thiazole rings is 1. The number of aromatic nitrogens is 1. The van der Waals surface area contributed by atoms with E-state index in [-0.39, 0.29) is 18.2 Å². The molecule has 0 saturated carbocycles. The molecule has 0 bridgehead atoms. The fraction of sp³-hybridized carbons (Fsp3) is 0.235. The van der Waals surface area contributed by atoms with Crippen LogP contribution in [0.1, 0.15) is 21.8 Å². The largest absolute Gasteiger partial charge is 0.497 e. The van der Waals surface area contributed by atoms with E-state index in [0.717, 1.165) is 10.9 Å². The van der Waals surface area contributed by atoms with E-state index in [4.69, 9.17) is 9.15 Å². The molecule has 0 aliphatic carbocycles. The summed E-state index contributed by atoms with van der Waals surface area (Å²) in [6, 6.07) is 5.35. The highest BCUT2D eigenvalue weighted by Gasteiger charge is 2.19. The number of rotatable bonds is 5. The van der Waals surface area contributed by atoms with Gasteiger partial charge in [-0.25, -0.2) is 4.98 Å². The van der Waals surface area contributed by atoms with E-state index in [2.05, 4.69) is 15.0 Å². The zero-order chi connectivity index (χ0) is 18.0. The Morgan fingerprint density at radius 2 is 2.12 bits per heavy atom. The van der Waals surface area contributed by atoms with Gasteiger partial charge >= 0.3 is 5.97 Å². The van der Waals surface area contributed by atoms with Crippen LogP contribution in [0.2, 0.25) is 0 Å². The molecule has 25 heavy (non-hydrogen) atoms. The number of methoxy groups -OCH3 is 2. The van der Waals surface area contributed by atoms with Crippen molar-refractivity contribution in [3.63, 3.8) is 0 Å². The summed E-state index contributed by atoms with van der Waals surface area (Å²) in [6.07, 6.45) is 0.0618. The molecular formula is C17H16N2O5S. The Morgan fingerprint density at radius 1 is 1.32 bits per heavy atom. The number of furan rings is 1. The lowest BCUT2D eigenvalue weighted by Crippen LogP contribution is -2.12. The first kappa shape index (κ1) is 17.0. The molecule has 3 aromatic rings. The molecule has 0 radical (unpaired) electrons. The predicted octanol–water partition coefficient (Wildman–Crippen LogP) is 3.17. The molecule has 2 heterocycles. The normalized spacial score (nSPS) is 10.7. The molecule has 3 rings (SSSR count). The van der Waals surface area contributed by atoms with Gasteiger partial charge < -0.3 is 13.9 Å². The highest BCUT2D eigenvalue weighted by Crippen LogP contribution is 2.29. The van der Waals surface area contributed by atoms with Gasteiger partial charge in [-0.2, -0.15) is 0 Å². The minimum atomic E-state index is -0.397. The van der Waals surface area contributed by atoms with E-state index in [0.29, 0.717) is 22.2 Å². The molecule has 0 atom stereocenters. The highest BCUT2D eigenvalue weighted by atomic mass is 32.1. The summed E-state index contributed by atoms with van der Waals surface area (Å²) in [4.78, 5) is 27.9. The van der Waals surface area contributed by atoms with Gasteiger partial charge in [-0.15, -0.1) is 11.3 Å². The van der Waals surface area contributed by atoms with Crippen molar-refractivity contribution in [2.45, 2.75) is 13.3 Å². The number of carbonyl (C=O) groups is 2. The summed E-state index contributed by atoms with van der Waals surface area (Å²) in [5.41, 5.74) is 1.87. The molecular weight excluding hydrogens is 344 g/mol. The number of nitrogens with one attached hydrogen (secondary N) is 1. The second-order valence-corrected chi connectivity index (χ2v) is 6.13. The van der Waals surface area contributed by atoms with Crippen LogP contribution in [0.25, 0.3) is 11.0 Å². The van der Waals surface area contributed by atoms with Crippen LogP contribution < -0.4 is 10.1 Å². The average Bonchev–Trinajstić information content (AvgIpc) is 3.18. The average molecular weight is 360 g/mol. The lowest BCUT2D eigenvalue weighted by molar-refractivity contribution is -0.139. The highest BCUT2D eigenvalue weighted by molar-refractivity contribution is 7.14. The Balaban J connectivity index is 1.80. The second-order valence-electron chi connectivity index (χ2n) is 5.27. The summed E-state index contributed by atoms with van der Waals surface area (Å²) >= 11 is 1.23. The van der Waals surface area contributed by atoms with Crippen LogP contribution >= 0.6 is 11.3 Å². The van der Waals surface area contributed by atoms with Gasteiger partial charge in [-0.3, -0.25) is 14.9 Å². The first-order chi connectivity index (χ1) is 12.0. The Morgan fingerprint density at radius 3 is 2.84 bits per heavy atom. The molecule has 130 valence electrons. The van der Waals surface area contributed by atoms with Crippen molar-refractivity contribution in [1.82, 2.24) is 4.98 Å². The topological polar surface area (TPSA) is 90.7 Å². The number of hydrogen-bond donors (Lipinski definition) is 1. The molecule has 1 N–H and O–H groups in total. The zero-order valence-corrected chi connectivity index (χ0v) is 14.7. The van der Waals surface area contributed by atoms with Gasteiger partial charge in [0.15, 0.2) is 10.9 Å². The standard InChI is InChI=1S/C17H16N2O5S/c1-9-12-7-11(22-2)4-5-13(12)24-15(9)16(21)19-17-18-10(8-25-17)6-14(20)23-3/h4-5,7-8H,6H2,1-3H3,(H,18,19,21). The number of esters is 1. The molecule has 0 saturated heterocycles. The molecule has 2 aromatic heterocycles. The van der Waals surface area contributed by atoms with Gasteiger partial charge in [0.2, 0.25) is 0 Å². The molecule has 0 fully saturated rings. The minimum absolute atomic E-state index is 0.0618. The van der Waals surface area contributed by atoms with Crippen molar-refractivity contribution >= 4 is 39.3 Å². The molecule has 0 aliphatic heterocycles. The number of nitrogens with zero attached hydrogens (tertiary/aromatic N) is 1. The maximum Gasteiger partial charge on any atom is 0.311 e. The summed E-state index contributed by atoms with van der Waals surface area (Å²) in [6.45, 7) is 1.81. The molecule has 8 heteroatoms. The van der Waals surface area contributed by atoms with Gasteiger partial charge in [0, 0.05) is 16.3 Å². The fourth-order valence-corrected chi connectivity index (χ4v) is 3.07. The van der Waals surface area contributed by atoms with Gasteiger partial charge in [0.05, 0.1) is 26.3 Å². The van der Waals surface area contributed by atoms with Crippen LogP contribution in [-0.4, -0.2) is 31.1 Å². The lowest BCUT2D eigenvalue weighted by atomic mass is 10.1. The fourth-order valence-electron chi connectivity index (χ4n) is 2.36. The van der Waals surface area contributed by atoms with Crippen LogP contribution in [0.5, 0.6) is 5.75 Å². The number of amides is 1. The third-order valence-electron chi connectivity index (χ3n) is 3.67. The lowest BCUT2D eigenvalue weighted by Gasteiger charge is -1.99. The maximum atomic E-state index is 12.5. The van der Waals surface area contributed by atoms with Crippen LogP contribution in [0.4, 0.5) is 5.13 Å². The van der Waals surface area contributed by atoms with Crippen molar-refractivity contribution in [3.05, 3.63) is 40.6 Å². The van der Waals surface area contributed by atoms with Crippen LogP contribution in [0, 0.1) is 6.92 Å². The zero-order valence-electron chi connectivity index (χ0n) is 13.9. The van der Waals surface area contributed by atoms with E-state index >= 15 is 0 Å². The smallest absolute Gasteiger partial charge is 0.311 e. The Bertz CT molecular complexity index is 944. The number of hydrogen-bond acceptors (Lipinski definition) is 7. The number of benzene rings is 1. The number of carbonyl (C=O) groups excluding carboxylic acids is 2. The third kappa shape index (κ3) is 3.48. The van der Waals surface area contributed by atoms with E-state index in [1.165, 1.54) is 18.4 Å². The Kier molecular flexibility index (Phi) is 4.71. The van der Waals surface area contributed by atoms with E-state index in [9.17, 15) is 9.59 Å². The van der Waals surface area contributed by atoms with Crippen LogP contribution in [-0.2, 0) is 16.0 Å². The monoisotopic (exact) mass is 360 g/mol. The number of ether oxygens (including phenoxy) is 2. The van der Waals surface area contributed by atoms with Gasteiger partial charge in [0.1, 0.15) is 11.3 Å². The maximum absolute atomic E-state index is 12.5. The molecule has 1 aromatic carbocycles. The Hall–Kier alpha value is -2.87. The van der Waals surface area contributed by atoms with Crippen molar-refractivity contribution in [2.75, 3.05) is 19.5 Å². The number of fused-ring (bicyclic) bond motifs is 1. The summed E-state index contributed by atoms with van der Waals surface area (Å²) < 4.78 is 15.4. The first-order valence-electron chi connectivity index (χ1n) is 7.41. The summed E-state index contributed by atoms with van der Waals surface area (Å²) in [7, 11) is 2.90. The van der Waals surface area contributed by atoms with Crippen LogP contribution in [0.3, 0.4) is 0 Å². The second kappa shape index (κ2) is 6.94. The number of aryl methyl sites for hydroxylation is 1. The van der Waals surface area contributed by atoms with Gasteiger partial charge in [-0.05, 0) is 25.1 Å². The molecule has 0 spiro atoms. The van der Waals surface area contributed by atoms with Crippen molar-refractivity contribution in [3.8, 4) is 5.75 Å². The quantitative estimate of drug-likeness (QED) is 0.703. The van der Waals surface area contributed by atoms with Crippen molar-refractivity contribution < 1.29 is 23.5 Å². The van der Waals surface area contributed by atoms with Crippen LogP contribution in [0.15, 0.2) is 28.0 Å². The molecule has 7 nitrogen and oxygen atoms in total. The van der Waals surface area contributed by atoms with Gasteiger partial charge in [0.25, 0.3) is 5.91 Å². The minimum Gasteiger partial charge on any atom is -0.497 e. The van der Waals surface area contributed by atoms with Gasteiger partial charge in [-0.1, -0.05) is 0 Å². The van der Waals surface area contributed by atoms with E-state index < -0.39 is 5.91 Å². The Labute approximate surface area is 147 Å². The van der Waals surface area contributed by atoms with E-state index in [1.54, 1.807) is 24.6 Å². The summed E-state index contributed by atoms with van der Waals surface area (Å²) in [5.74, 6) is 0.126. The first-order valence-corrected chi connectivity index (χ1v) is 8.29. The number of anilines is 1. The van der Waals surface area contributed by atoms with E-state index in [1.807, 2.05) is 13.0 Å². The molecule has 1 amide bonds. The SMILES string of the molecule is COC(=O)Cc1csc(NC(=O)c2oc3ccc(OC)cc3c2C)n1. The third-order valence-corrected chi connectivity index (χ3v) is 4.48. The molecule has 0 aliphatic rings. The predicted molar refractivity (Wildman–Crippen MR) is 93.3 cm³/mol. The molecule has 0 unspecified atom stereocenters. The summed E-state index contributed by atoms with van der Waals surface area (Å²) in [5, 5.41) is 5.59. The van der Waals surface area contributed by atoms with Crippen molar-refractivity contribution in [2.24, 2.45) is 0 Å². The van der Waals surface area contributed by atoms with Crippen molar-refractivity contribution in [1.29, 1.82) is 0 Å².